The van der Waals surface area contributed by atoms with E-state index in [2.05, 4.69) is 186 Å². The highest BCUT2D eigenvalue weighted by Crippen LogP contribution is 2.70. The molecular weight excluding hydrogens is 731 g/mol. The molecule has 1 nitrogen and oxygen atoms in total. The van der Waals surface area contributed by atoms with E-state index in [1.807, 2.05) is 0 Å². The summed E-state index contributed by atoms with van der Waals surface area (Å²) in [6.45, 7) is 14.7. The molecule has 1 aliphatic heterocycles. The van der Waals surface area contributed by atoms with Crippen LogP contribution in [-0.4, -0.2) is 0 Å². The zero-order valence-corrected chi connectivity index (χ0v) is 36.6. The van der Waals surface area contributed by atoms with Crippen LogP contribution in [0.3, 0.4) is 0 Å². The number of nitrogens with zero attached hydrogens (tertiary/aromatic N) is 1. The van der Waals surface area contributed by atoms with E-state index < -0.39 is 0 Å². The van der Waals surface area contributed by atoms with Gasteiger partial charge in [0.05, 0.1) is 5.69 Å². The number of fused-ring (bicyclic) bond motifs is 6. The molecule has 296 valence electrons. The van der Waals surface area contributed by atoms with Gasteiger partial charge in [0.2, 0.25) is 0 Å². The number of anilines is 3. The Balaban J connectivity index is 1.16. The number of benzene rings is 6. The largest absolute Gasteiger partial charge is 0.309 e. The van der Waals surface area contributed by atoms with Crippen molar-refractivity contribution in [1.82, 2.24) is 0 Å². The number of hydrogen-bond acceptors (Lipinski definition) is 2. The van der Waals surface area contributed by atoms with Gasteiger partial charge in [-0.05, 0) is 178 Å². The number of rotatable bonds is 4. The summed E-state index contributed by atoms with van der Waals surface area (Å²) in [5, 5.41) is 0. The van der Waals surface area contributed by atoms with Gasteiger partial charge in [-0.15, -0.1) is 0 Å². The second-order valence-electron chi connectivity index (χ2n) is 21.2. The van der Waals surface area contributed by atoms with E-state index in [0.29, 0.717) is 11.8 Å². The second kappa shape index (κ2) is 12.5. The molecule has 2 heteroatoms. The maximum atomic E-state index is 2.70. The molecule has 4 bridgehead atoms. The molecule has 6 aromatic rings. The van der Waals surface area contributed by atoms with Crippen molar-refractivity contribution >= 4 is 28.8 Å². The van der Waals surface area contributed by atoms with Crippen LogP contribution in [0.1, 0.15) is 120 Å². The molecule has 13 rings (SSSR count). The molecule has 4 saturated carbocycles. The first kappa shape index (κ1) is 36.3. The maximum absolute atomic E-state index is 2.70. The summed E-state index contributed by atoms with van der Waals surface area (Å²) in [7, 11) is 0. The highest BCUT2D eigenvalue weighted by Gasteiger charge is 2.61. The first-order valence-electron chi connectivity index (χ1n) is 22.6. The molecule has 0 aromatic heterocycles. The van der Waals surface area contributed by atoms with Crippen molar-refractivity contribution in [3.63, 3.8) is 0 Å². The fraction of sp³-hybridized carbons (Fsp3) is 0.368. The van der Waals surface area contributed by atoms with Gasteiger partial charge in [0.25, 0.3) is 0 Å². The maximum Gasteiger partial charge on any atom is 0.0610 e. The molecule has 6 aromatic carbocycles. The predicted octanol–water partition coefficient (Wildman–Crippen LogP) is 15.7. The molecule has 6 aliphatic carbocycles. The molecule has 1 spiro atoms. The average Bonchev–Trinajstić information content (AvgIpc) is 3.46. The molecule has 0 atom stereocenters. The molecule has 59 heavy (non-hydrogen) atoms. The molecule has 0 amide bonds. The lowest BCUT2D eigenvalue weighted by Crippen LogP contribution is -2.57. The lowest BCUT2D eigenvalue weighted by molar-refractivity contribution is -0.0443. The molecule has 4 fully saturated rings. The van der Waals surface area contributed by atoms with Crippen molar-refractivity contribution in [3.8, 4) is 22.3 Å². The minimum absolute atomic E-state index is 0.0270. The van der Waals surface area contributed by atoms with E-state index in [-0.39, 0.29) is 21.7 Å². The van der Waals surface area contributed by atoms with Crippen molar-refractivity contribution in [2.75, 3.05) is 4.90 Å². The molecular formula is C57H57NS. The van der Waals surface area contributed by atoms with Crippen LogP contribution in [-0.2, 0) is 21.7 Å². The van der Waals surface area contributed by atoms with Crippen LogP contribution >= 0.6 is 11.8 Å². The Hall–Kier alpha value is -4.53. The monoisotopic (exact) mass is 787 g/mol. The summed E-state index contributed by atoms with van der Waals surface area (Å²) in [6.07, 6.45) is 9.35. The van der Waals surface area contributed by atoms with Gasteiger partial charge < -0.3 is 4.90 Å². The van der Waals surface area contributed by atoms with Gasteiger partial charge in [0, 0.05) is 32.0 Å². The highest BCUT2D eigenvalue weighted by molar-refractivity contribution is 7.99. The minimum Gasteiger partial charge on any atom is -0.309 e. The summed E-state index contributed by atoms with van der Waals surface area (Å²) in [6, 6.07) is 50.3. The van der Waals surface area contributed by atoms with Crippen molar-refractivity contribution < 1.29 is 0 Å². The van der Waals surface area contributed by atoms with Crippen LogP contribution in [0.15, 0.2) is 137 Å². The second-order valence-corrected chi connectivity index (χ2v) is 22.3. The van der Waals surface area contributed by atoms with Gasteiger partial charge in [0.1, 0.15) is 0 Å². The third-order valence-corrected chi connectivity index (χ3v) is 18.0. The lowest BCUT2D eigenvalue weighted by Gasteiger charge is -2.63. The molecule has 0 saturated heterocycles. The van der Waals surface area contributed by atoms with Crippen LogP contribution in [0, 0.1) is 23.7 Å². The molecule has 7 aliphatic rings. The van der Waals surface area contributed by atoms with Gasteiger partial charge >= 0.3 is 0 Å². The predicted molar refractivity (Wildman–Crippen MR) is 248 cm³/mol. The summed E-state index contributed by atoms with van der Waals surface area (Å²) in [4.78, 5) is 5.64. The molecule has 0 unspecified atom stereocenters. The van der Waals surface area contributed by atoms with Gasteiger partial charge in [-0.1, -0.05) is 138 Å². The zero-order chi connectivity index (χ0) is 40.1. The molecule has 1 heterocycles. The van der Waals surface area contributed by atoms with Crippen LogP contribution in [0.2, 0.25) is 0 Å². The van der Waals surface area contributed by atoms with E-state index in [9.17, 15) is 0 Å². The summed E-state index contributed by atoms with van der Waals surface area (Å²) >= 11 is 2.05. The van der Waals surface area contributed by atoms with E-state index in [1.54, 1.807) is 11.1 Å². The Morgan fingerprint density at radius 3 is 1.80 bits per heavy atom. The van der Waals surface area contributed by atoms with Crippen molar-refractivity contribution in [2.24, 2.45) is 23.7 Å². The van der Waals surface area contributed by atoms with Gasteiger partial charge in [-0.3, -0.25) is 0 Å². The molecule has 0 radical (unpaired) electrons. The van der Waals surface area contributed by atoms with Crippen LogP contribution in [0.5, 0.6) is 0 Å². The lowest BCUT2D eigenvalue weighted by atomic mass is 9.42. The average molecular weight is 788 g/mol. The Kier molecular flexibility index (Phi) is 7.70. The minimum atomic E-state index is -0.0983. The van der Waals surface area contributed by atoms with Crippen LogP contribution < -0.4 is 4.90 Å². The first-order chi connectivity index (χ1) is 28.4. The summed E-state index contributed by atoms with van der Waals surface area (Å²) in [5.74, 6) is 3.14. The summed E-state index contributed by atoms with van der Waals surface area (Å²) in [5.41, 5.74) is 18.5. The quantitative estimate of drug-likeness (QED) is 0.175. The van der Waals surface area contributed by atoms with Crippen molar-refractivity contribution in [2.45, 2.75) is 118 Å². The number of hydrogen-bond donors (Lipinski definition) is 0. The van der Waals surface area contributed by atoms with Gasteiger partial charge in [0.15, 0.2) is 0 Å². The standard InChI is InChI=1S/C57H57NS/c1-54(2)24-25-55(3,4)49-34-42(21-23-46(49)54)58(41-20-22-44-43-16-10-11-17-45(43)56(5,6)48(44)33-41)51-32-38(37-14-8-7-9-15-37)31-50-53(51)59-52-19-13-12-18-47(52)57(50)39-27-35-26-36(29-39)30-40(57)28-35/h7-23,31-36,39-40H,24-30H2,1-6H3. The topological polar surface area (TPSA) is 3.24 Å². The molecule has 0 N–H and O–H groups in total. The van der Waals surface area contributed by atoms with Crippen molar-refractivity contribution in [1.29, 1.82) is 0 Å². The fourth-order valence-electron chi connectivity index (χ4n) is 13.9. The van der Waals surface area contributed by atoms with Crippen molar-refractivity contribution in [3.05, 3.63) is 161 Å². The smallest absolute Gasteiger partial charge is 0.0610 e. The fourth-order valence-corrected chi connectivity index (χ4v) is 15.2. The van der Waals surface area contributed by atoms with E-state index >= 15 is 0 Å². The Morgan fingerprint density at radius 1 is 0.475 bits per heavy atom. The summed E-state index contributed by atoms with van der Waals surface area (Å²) < 4.78 is 0. The zero-order valence-electron chi connectivity index (χ0n) is 35.7. The van der Waals surface area contributed by atoms with Gasteiger partial charge in [-0.2, -0.15) is 0 Å². The third kappa shape index (κ3) is 5.11. The third-order valence-electron chi connectivity index (χ3n) is 16.8. The Labute approximate surface area is 356 Å². The first-order valence-corrected chi connectivity index (χ1v) is 23.5. The SMILES string of the molecule is CC1(C)CCC(C)(C)c2cc(N(c3ccc4c(c3)C(C)(C)c3ccccc3-4)c3cc(-c4ccccc4)cc4c3Sc3ccccc3C43C4CC5CC(C4)CC3C5)ccc21. The van der Waals surface area contributed by atoms with Gasteiger partial charge in [-0.25, -0.2) is 0 Å². The Morgan fingerprint density at radius 2 is 1.07 bits per heavy atom. The highest BCUT2D eigenvalue weighted by atomic mass is 32.2. The Bertz CT molecular complexity index is 2670. The van der Waals surface area contributed by atoms with Crippen LogP contribution in [0.25, 0.3) is 22.3 Å². The van der Waals surface area contributed by atoms with E-state index in [4.69, 9.17) is 0 Å². The van der Waals surface area contributed by atoms with Crippen LogP contribution in [0.4, 0.5) is 17.1 Å². The normalized spacial score (nSPS) is 26.7. The van der Waals surface area contributed by atoms with E-state index in [1.165, 1.54) is 116 Å². The van der Waals surface area contributed by atoms with E-state index in [0.717, 1.165) is 11.8 Å².